The molecule has 4 aromatic carbocycles. The summed E-state index contributed by atoms with van der Waals surface area (Å²) >= 11 is 1.37. The number of nitrogens with zero attached hydrogens (tertiary/aromatic N) is 2. The second-order valence-corrected chi connectivity index (χ2v) is 10.9. The SMILES string of the molecule is C=CC(=O)Oc1ccc(C(=O)Oc2ccc(OC(=O)c3ccc(OC(=O)C=C)c(OC(=O)C=C)c3)c(/C=N/Nc3nc4ccccc4s3)c2)cc1. The number of benzene rings is 4. The van der Waals surface area contributed by atoms with Gasteiger partial charge < -0.3 is 23.7 Å². The van der Waals surface area contributed by atoms with E-state index in [1.807, 2.05) is 24.3 Å². The lowest BCUT2D eigenvalue weighted by atomic mass is 10.1. The van der Waals surface area contributed by atoms with Crippen molar-refractivity contribution in [3.05, 3.63) is 140 Å². The first kappa shape index (κ1) is 35.1. The van der Waals surface area contributed by atoms with Crippen LogP contribution in [0.3, 0.4) is 0 Å². The Bertz CT molecular complexity index is 2190. The molecule has 5 rings (SSSR count). The van der Waals surface area contributed by atoms with Gasteiger partial charge in [-0.1, -0.05) is 43.2 Å². The summed E-state index contributed by atoms with van der Waals surface area (Å²) in [5.74, 6) is -4.06. The molecule has 0 saturated heterocycles. The molecule has 1 aromatic heterocycles. The van der Waals surface area contributed by atoms with Gasteiger partial charge in [-0.15, -0.1) is 0 Å². The number of aromatic nitrogens is 1. The fourth-order valence-corrected chi connectivity index (χ4v) is 4.92. The van der Waals surface area contributed by atoms with Gasteiger partial charge in [0.15, 0.2) is 11.5 Å². The van der Waals surface area contributed by atoms with E-state index in [-0.39, 0.29) is 45.4 Å². The van der Waals surface area contributed by atoms with E-state index in [0.29, 0.717) is 5.13 Å². The molecule has 13 nitrogen and oxygen atoms in total. The molecular formula is C37H25N3O10S. The zero-order valence-electron chi connectivity index (χ0n) is 26.4. The lowest BCUT2D eigenvalue weighted by Gasteiger charge is -2.12. The van der Waals surface area contributed by atoms with Crippen LogP contribution < -0.4 is 29.1 Å². The number of esters is 5. The minimum atomic E-state index is -0.886. The highest BCUT2D eigenvalue weighted by atomic mass is 32.1. The maximum atomic E-state index is 13.3. The normalized spacial score (nSPS) is 10.5. The number of hydrazone groups is 1. The fourth-order valence-electron chi connectivity index (χ4n) is 4.10. The van der Waals surface area contributed by atoms with Crippen LogP contribution in [0.2, 0.25) is 0 Å². The average Bonchev–Trinajstić information content (AvgIpc) is 3.56. The molecule has 0 spiro atoms. The molecule has 0 saturated carbocycles. The van der Waals surface area contributed by atoms with Crippen molar-refractivity contribution in [1.29, 1.82) is 0 Å². The number of anilines is 1. The van der Waals surface area contributed by atoms with Crippen molar-refractivity contribution in [3.63, 3.8) is 0 Å². The molecule has 0 unspecified atom stereocenters. The number of ether oxygens (including phenoxy) is 5. The van der Waals surface area contributed by atoms with Crippen LogP contribution in [0.1, 0.15) is 26.3 Å². The van der Waals surface area contributed by atoms with Gasteiger partial charge in [0.2, 0.25) is 5.13 Å². The van der Waals surface area contributed by atoms with E-state index in [2.05, 4.69) is 35.2 Å². The second kappa shape index (κ2) is 16.3. The van der Waals surface area contributed by atoms with Crippen LogP contribution in [0.25, 0.3) is 10.2 Å². The van der Waals surface area contributed by atoms with Gasteiger partial charge in [-0.05, 0) is 72.8 Å². The van der Waals surface area contributed by atoms with Gasteiger partial charge in [0.1, 0.15) is 17.2 Å². The van der Waals surface area contributed by atoms with Crippen molar-refractivity contribution in [3.8, 4) is 28.7 Å². The number of fused-ring (bicyclic) bond motifs is 1. The number of rotatable bonds is 13. The molecule has 0 aliphatic heterocycles. The summed E-state index contributed by atoms with van der Waals surface area (Å²) < 4.78 is 27.4. The Hall–Kier alpha value is -7.19. The highest BCUT2D eigenvalue weighted by Gasteiger charge is 2.19. The van der Waals surface area contributed by atoms with Gasteiger partial charge in [0.05, 0.1) is 27.6 Å². The molecule has 0 aliphatic rings. The number of hydrogen-bond donors (Lipinski definition) is 1. The Morgan fingerprint density at radius 2 is 1.24 bits per heavy atom. The largest absolute Gasteiger partial charge is 0.423 e. The van der Waals surface area contributed by atoms with E-state index in [1.165, 1.54) is 72.1 Å². The van der Waals surface area contributed by atoms with Gasteiger partial charge in [-0.2, -0.15) is 5.10 Å². The summed E-state index contributed by atoms with van der Waals surface area (Å²) in [4.78, 5) is 65.9. The van der Waals surface area contributed by atoms with E-state index < -0.39 is 29.8 Å². The Morgan fingerprint density at radius 3 is 1.94 bits per heavy atom. The van der Waals surface area contributed by atoms with Crippen molar-refractivity contribution >= 4 is 62.7 Å². The van der Waals surface area contributed by atoms with Crippen LogP contribution in [0.5, 0.6) is 28.7 Å². The highest BCUT2D eigenvalue weighted by Crippen LogP contribution is 2.31. The molecule has 0 radical (unpaired) electrons. The summed E-state index contributed by atoms with van der Waals surface area (Å²) in [6.07, 6.45) is 4.15. The minimum absolute atomic E-state index is 0.00911. The van der Waals surface area contributed by atoms with E-state index in [1.54, 1.807) is 0 Å². The number of carbonyl (C=O) groups is 5. The van der Waals surface area contributed by atoms with Crippen LogP contribution in [-0.2, 0) is 14.4 Å². The molecular weight excluding hydrogens is 678 g/mol. The van der Waals surface area contributed by atoms with Crippen molar-refractivity contribution in [2.24, 2.45) is 5.10 Å². The van der Waals surface area contributed by atoms with Crippen molar-refractivity contribution < 1.29 is 47.7 Å². The molecule has 0 aliphatic carbocycles. The Labute approximate surface area is 293 Å². The topological polar surface area (TPSA) is 169 Å². The zero-order valence-corrected chi connectivity index (χ0v) is 27.2. The first-order chi connectivity index (χ1) is 24.6. The van der Waals surface area contributed by atoms with E-state index >= 15 is 0 Å². The molecule has 14 heteroatoms. The summed E-state index contributed by atoms with van der Waals surface area (Å²) in [7, 11) is 0. The third kappa shape index (κ3) is 9.25. The van der Waals surface area contributed by atoms with Gasteiger partial charge in [0.25, 0.3) is 0 Å². The number of para-hydroxylation sites is 1. The monoisotopic (exact) mass is 703 g/mol. The maximum Gasteiger partial charge on any atom is 0.343 e. The molecule has 0 fully saturated rings. The van der Waals surface area contributed by atoms with Crippen LogP contribution >= 0.6 is 11.3 Å². The first-order valence-electron chi connectivity index (χ1n) is 14.7. The first-order valence-corrected chi connectivity index (χ1v) is 15.5. The van der Waals surface area contributed by atoms with Crippen LogP contribution in [-0.4, -0.2) is 41.0 Å². The summed E-state index contributed by atoms with van der Waals surface area (Å²) in [6, 6.07) is 21.1. The van der Waals surface area contributed by atoms with Gasteiger partial charge in [0, 0.05) is 23.8 Å². The van der Waals surface area contributed by atoms with E-state index in [0.717, 1.165) is 34.5 Å². The minimum Gasteiger partial charge on any atom is -0.423 e. The Balaban J connectivity index is 1.40. The standard InChI is InChI=1S/C37H25N3O10S/c1-4-32(41)46-25-14-11-22(12-15-25)35(44)47-26-16-18-28(24(19-26)21-38-40-37-39-27-9-7-8-10-31(27)51-37)50-36(45)23-13-17-29(48-33(42)5-2)30(20-23)49-34(43)6-3/h4-21H,1-3H2,(H,39,40)/b38-21+. The predicted octanol–water partition coefficient (Wildman–Crippen LogP) is 6.45. The van der Waals surface area contributed by atoms with Gasteiger partial charge >= 0.3 is 29.8 Å². The lowest BCUT2D eigenvalue weighted by Crippen LogP contribution is -2.13. The number of carbonyl (C=O) groups excluding carboxylic acids is 5. The summed E-state index contributed by atoms with van der Waals surface area (Å²) in [6.45, 7) is 10.0. The van der Waals surface area contributed by atoms with E-state index in [4.69, 9.17) is 23.7 Å². The highest BCUT2D eigenvalue weighted by molar-refractivity contribution is 7.22. The number of hydrogen-bond acceptors (Lipinski definition) is 14. The zero-order chi connectivity index (χ0) is 36.3. The smallest absolute Gasteiger partial charge is 0.343 e. The Morgan fingerprint density at radius 1 is 0.627 bits per heavy atom. The summed E-state index contributed by atoms with van der Waals surface area (Å²) in [5.41, 5.74) is 3.92. The van der Waals surface area contributed by atoms with Crippen molar-refractivity contribution in [1.82, 2.24) is 4.98 Å². The van der Waals surface area contributed by atoms with Gasteiger partial charge in [-0.25, -0.2) is 29.0 Å². The van der Waals surface area contributed by atoms with Crippen LogP contribution in [0, 0.1) is 0 Å². The average molecular weight is 704 g/mol. The molecule has 51 heavy (non-hydrogen) atoms. The molecule has 254 valence electrons. The van der Waals surface area contributed by atoms with Crippen LogP contribution in [0.15, 0.2) is 128 Å². The molecule has 0 atom stereocenters. The van der Waals surface area contributed by atoms with Crippen molar-refractivity contribution in [2.75, 3.05) is 5.43 Å². The molecule has 0 bridgehead atoms. The van der Waals surface area contributed by atoms with Crippen molar-refractivity contribution in [2.45, 2.75) is 0 Å². The predicted molar refractivity (Wildman–Crippen MR) is 188 cm³/mol. The van der Waals surface area contributed by atoms with Crippen LogP contribution in [0.4, 0.5) is 5.13 Å². The molecule has 1 heterocycles. The number of nitrogens with one attached hydrogen (secondary N) is 1. The third-order valence-electron chi connectivity index (χ3n) is 6.46. The molecule has 5 aromatic rings. The Kier molecular flexibility index (Phi) is 11.2. The molecule has 0 amide bonds. The fraction of sp³-hybridized carbons (Fsp3) is 0. The maximum absolute atomic E-state index is 13.3. The van der Waals surface area contributed by atoms with E-state index in [9.17, 15) is 24.0 Å². The molecule has 1 N–H and O–H groups in total. The van der Waals surface area contributed by atoms with Gasteiger partial charge in [-0.3, -0.25) is 5.43 Å². The third-order valence-corrected chi connectivity index (χ3v) is 7.40. The quantitative estimate of drug-likeness (QED) is 0.0468. The second-order valence-electron chi connectivity index (χ2n) is 9.90. The number of thiazole rings is 1. The lowest BCUT2D eigenvalue weighted by molar-refractivity contribution is -0.131. The summed E-state index contributed by atoms with van der Waals surface area (Å²) in [5, 5.41) is 4.73.